The largest absolute Gasteiger partial charge is 0.379 e. The van der Waals surface area contributed by atoms with Crippen molar-refractivity contribution < 1.29 is 19.2 Å². The van der Waals surface area contributed by atoms with Gasteiger partial charge in [-0.1, -0.05) is 19.1 Å². The summed E-state index contributed by atoms with van der Waals surface area (Å²) in [5.74, 6) is -0.417. The Morgan fingerprint density at radius 1 is 0.967 bits per heavy atom. The predicted molar refractivity (Wildman–Crippen MR) is 113 cm³/mol. The number of hydroxylamine groups is 2. The Bertz CT molecular complexity index is 796. The van der Waals surface area contributed by atoms with Gasteiger partial charge in [-0.25, -0.2) is 0 Å². The van der Waals surface area contributed by atoms with Crippen molar-refractivity contribution in [1.82, 2.24) is 14.9 Å². The number of hydrogen-bond donors (Lipinski definition) is 0. The van der Waals surface area contributed by atoms with Crippen LogP contribution in [0.5, 0.6) is 0 Å². The molecule has 164 valence electrons. The number of benzene rings is 1. The molecular formula is C23H33N3O4. The first-order chi connectivity index (χ1) is 14.2. The zero-order valence-corrected chi connectivity index (χ0v) is 18.7. The molecule has 1 aromatic rings. The minimum Gasteiger partial charge on any atom is -0.379 e. The summed E-state index contributed by atoms with van der Waals surface area (Å²) >= 11 is 0. The molecule has 0 spiro atoms. The van der Waals surface area contributed by atoms with Crippen LogP contribution in [0.1, 0.15) is 61.8 Å². The van der Waals surface area contributed by atoms with Gasteiger partial charge in [0.05, 0.1) is 54.1 Å². The van der Waals surface area contributed by atoms with Crippen molar-refractivity contribution in [3.05, 3.63) is 35.4 Å². The molecular weight excluding hydrogens is 382 g/mol. The average Bonchev–Trinajstić information content (AvgIpc) is 3.05. The van der Waals surface area contributed by atoms with Crippen molar-refractivity contribution in [2.75, 3.05) is 32.9 Å². The highest BCUT2D eigenvalue weighted by atomic mass is 16.7. The van der Waals surface area contributed by atoms with Crippen LogP contribution < -0.4 is 0 Å². The molecule has 2 atom stereocenters. The van der Waals surface area contributed by atoms with Gasteiger partial charge in [0.15, 0.2) is 0 Å². The maximum absolute atomic E-state index is 13.4. The molecule has 0 N–H and O–H groups in total. The van der Waals surface area contributed by atoms with Gasteiger partial charge >= 0.3 is 0 Å². The van der Waals surface area contributed by atoms with E-state index in [1.54, 1.807) is 12.1 Å². The van der Waals surface area contributed by atoms with Crippen molar-refractivity contribution in [3.63, 3.8) is 0 Å². The summed E-state index contributed by atoms with van der Waals surface area (Å²) in [6.07, 6.45) is 0.891. The summed E-state index contributed by atoms with van der Waals surface area (Å²) in [5, 5.41) is 2.04. The lowest BCUT2D eigenvalue weighted by Gasteiger charge is -2.44. The number of carbonyl (C=O) groups is 2. The van der Waals surface area contributed by atoms with Gasteiger partial charge < -0.3 is 4.74 Å². The molecule has 0 aliphatic carbocycles. The van der Waals surface area contributed by atoms with Crippen LogP contribution in [0.4, 0.5) is 0 Å². The van der Waals surface area contributed by atoms with Crippen LogP contribution in [0.15, 0.2) is 24.3 Å². The third kappa shape index (κ3) is 3.11. The van der Waals surface area contributed by atoms with Crippen molar-refractivity contribution in [2.45, 2.75) is 64.2 Å². The number of fused-ring (bicyclic) bond motifs is 1. The molecule has 0 bridgehead atoms. The van der Waals surface area contributed by atoms with Gasteiger partial charge in [0, 0.05) is 13.1 Å². The first-order valence-corrected chi connectivity index (χ1v) is 10.9. The smallest absolute Gasteiger partial charge is 0.261 e. The number of imide groups is 1. The first-order valence-electron chi connectivity index (χ1n) is 10.9. The summed E-state index contributed by atoms with van der Waals surface area (Å²) < 4.78 is 5.59. The van der Waals surface area contributed by atoms with Crippen LogP contribution in [-0.2, 0) is 9.57 Å². The highest BCUT2D eigenvalue weighted by Gasteiger charge is 2.65. The van der Waals surface area contributed by atoms with Gasteiger partial charge in [0.1, 0.15) is 0 Å². The lowest BCUT2D eigenvalue weighted by atomic mass is 9.86. The molecule has 0 aromatic heterocycles. The van der Waals surface area contributed by atoms with E-state index in [0.717, 1.165) is 19.5 Å². The predicted octanol–water partition coefficient (Wildman–Crippen LogP) is 2.57. The Morgan fingerprint density at radius 3 is 2.03 bits per heavy atom. The third-order valence-corrected chi connectivity index (χ3v) is 6.76. The second kappa shape index (κ2) is 7.71. The molecule has 2 saturated heterocycles. The number of nitrogens with zero attached hydrogens (tertiary/aromatic N) is 3. The molecule has 0 saturated carbocycles. The number of morpholine rings is 1. The van der Waals surface area contributed by atoms with E-state index in [1.165, 1.54) is 4.90 Å². The van der Waals surface area contributed by atoms with E-state index >= 15 is 0 Å². The van der Waals surface area contributed by atoms with Gasteiger partial charge in [0.2, 0.25) is 0 Å². The van der Waals surface area contributed by atoms with E-state index in [2.05, 4.69) is 39.5 Å². The van der Waals surface area contributed by atoms with Crippen LogP contribution in [0.2, 0.25) is 0 Å². The quantitative estimate of drug-likeness (QED) is 0.689. The van der Waals surface area contributed by atoms with Gasteiger partial charge in [-0.3, -0.25) is 24.2 Å². The molecule has 2 amide bonds. The third-order valence-electron chi connectivity index (χ3n) is 6.76. The average molecular weight is 416 g/mol. The molecule has 7 nitrogen and oxygen atoms in total. The zero-order chi connectivity index (χ0) is 21.7. The van der Waals surface area contributed by atoms with Crippen LogP contribution >= 0.6 is 0 Å². The Kier molecular flexibility index (Phi) is 5.51. The fourth-order valence-corrected chi connectivity index (χ4v) is 5.69. The summed E-state index contributed by atoms with van der Waals surface area (Å²) in [5.41, 5.74) is 0.0138. The molecule has 1 aromatic carbocycles. The number of carbonyl (C=O) groups excluding carboxylic acids is 2. The second-order valence-corrected chi connectivity index (χ2v) is 9.50. The molecule has 3 heterocycles. The summed E-state index contributed by atoms with van der Waals surface area (Å²) in [4.78, 5) is 37.0. The second-order valence-electron chi connectivity index (χ2n) is 9.50. The van der Waals surface area contributed by atoms with Crippen molar-refractivity contribution in [1.29, 1.82) is 0 Å². The number of rotatable bonds is 5. The number of hydrogen-bond acceptors (Lipinski definition) is 6. The van der Waals surface area contributed by atoms with Crippen LogP contribution in [0.3, 0.4) is 0 Å². The maximum atomic E-state index is 13.4. The Balaban J connectivity index is 1.80. The maximum Gasteiger partial charge on any atom is 0.261 e. The van der Waals surface area contributed by atoms with Gasteiger partial charge in [-0.2, -0.15) is 5.06 Å². The van der Waals surface area contributed by atoms with Crippen molar-refractivity contribution in [3.8, 4) is 0 Å². The Morgan fingerprint density at radius 2 is 1.50 bits per heavy atom. The molecule has 3 aliphatic rings. The van der Waals surface area contributed by atoms with Crippen LogP contribution in [0, 0.1) is 0 Å². The van der Waals surface area contributed by atoms with Crippen LogP contribution in [0.25, 0.3) is 0 Å². The lowest BCUT2D eigenvalue weighted by Crippen LogP contribution is -2.62. The Hall–Kier alpha value is -1.80. The van der Waals surface area contributed by atoms with Gasteiger partial charge in [-0.05, 0) is 46.2 Å². The molecule has 4 rings (SSSR count). The minimum absolute atomic E-state index is 0.0736. The molecule has 30 heavy (non-hydrogen) atoms. The highest BCUT2D eigenvalue weighted by molar-refractivity contribution is 6.21. The topological polar surface area (TPSA) is 62.3 Å². The first kappa shape index (κ1) is 21.4. The lowest BCUT2D eigenvalue weighted by molar-refractivity contribution is -0.247. The van der Waals surface area contributed by atoms with E-state index < -0.39 is 11.1 Å². The van der Waals surface area contributed by atoms with E-state index in [0.29, 0.717) is 30.9 Å². The molecule has 2 unspecified atom stereocenters. The Labute approximate surface area is 178 Å². The number of ether oxygens (including phenoxy) is 1. The van der Waals surface area contributed by atoms with E-state index in [4.69, 9.17) is 9.57 Å². The molecule has 0 radical (unpaired) electrons. The zero-order valence-electron chi connectivity index (χ0n) is 18.7. The van der Waals surface area contributed by atoms with Crippen LogP contribution in [-0.4, -0.2) is 82.7 Å². The monoisotopic (exact) mass is 415 g/mol. The van der Waals surface area contributed by atoms with Crippen molar-refractivity contribution in [2.24, 2.45) is 0 Å². The van der Waals surface area contributed by atoms with E-state index in [-0.39, 0.29) is 23.9 Å². The summed E-state index contributed by atoms with van der Waals surface area (Å²) in [6, 6.07) is 6.70. The van der Waals surface area contributed by atoms with E-state index in [1.807, 2.05) is 17.2 Å². The normalized spacial score (nSPS) is 28.9. The summed E-state index contributed by atoms with van der Waals surface area (Å²) in [6.45, 7) is 14.0. The molecule has 3 aliphatic heterocycles. The molecule has 2 fully saturated rings. The summed E-state index contributed by atoms with van der Waals surface area (Å²) in [7, 11) is 0. The van der Waals surface area contributed by atoms with Gasteiger partial charge in [0.25, 0.3) is 11.8 Å². The van der Waals surface area contributed by atoms with Crippen molar-refractivity contribution >= 4 is 11.8 Å². The standard InChI is InChI=1S/C23H33N3O4/c1-6-13-30-26-22(2,3)18(24-11-14-29-15-12-24)19(23(26,4)5)25-20(27)16-9-7-8-10-17(16)21(25)28/h7-10,18-19H,6,11-15H2,1-5H3. The molecule has 7 heteroatoms. The fraction of sp³-hybridized carbons (Fsp3) is 0.652. The fourth-order valence-electron chi connectivity index (χ4n) is 5.69. The highest BCUT2D eigenvalue weighted by Crippen LogP contribution is 2.48. The van der Waals surface area contributed by atoms with E-state index in [9.17, 15) is 9.59 Å². The number of amides is 2. The minimum atomic E-state index is -0.561. The van der Waals surface area contributed by atoms with Gasteiger partial charge in [-0.15, -0.1) is 0 Å². The SMILES string of the molecule is CCCON1C(C)(C)C(N2CCOCC2)C(N2C(=O)c3ccccc3C2=O)C1(C)C.